The van der Waals surface area contributed by atoms with Crippen molar-refractivity contribution < 1.29 is 19.1 Å². The van der Waals surface area contributed by atoms with Gasteiger partial charge in [-0.05, 0) is 79.0 Å². The van der Waals surface area contributed by atoms with E-state index in [1.165, 1.54) is 0 Å². The molecule has 1 atom stereocenters. The zero-order valence-corrected chi connectivity index (χ0v) is 23.2. The molecule has 3 rings (SSSR count). The number of pyridine rings is 1. The monoisotopic (exact) mass is 524 g/mol. The number of nitrogens with two attached hydrogens (primary N) is 2. The molecule has 1 aliphatic rings. The maximum atomic E-state index is 12.6. The van der Waals surface area contributed by atoms with Crippen molar-refractivity contribution in [2.45, 2.75) is 84.3 Å². The number of anilines is 2. The molecule has 10 nitrogen and oxygen atoms in total. The second-order valence-corrected chi connectivity index (χ2v) is 11.4. The smallest absolute Gasteiger partial charge is 0.306 e. The lowest BCUT2D eigenvalue weighted by atomic mass is 9.93. The zero-order chi connectivity index (χ0) is 28.1. The first kappa shape index (κ1) is 28.7. The van der Waals surface area contributed by atoms with Gasteiger partial charge < -0.3 is 26.3 Å². The third-order valence-electron chi connectivity index (χ3n) is 5.72. The molecule has 206 valence electrons. The predicted octanol–water partition coefficient (Wildman–Crippen LogP) is 4.65. The molecule has 2 aromatic rings. The zero-order valence-electron chi connectivity index (χ0n) is 23.2. The Kier molecular flexibility index (Phi) is 8.85. The summed E-state index contributed by atoms with van der Waals surface area (Å²) < 4.78 is 12.9. The lowest BCUT2D eigenvalue weighted by molar-refractivity contribution is -0.154. The van der Waals surface area contributed by atoms with Crippen LogP contribution in [-0.4, -0.2) is 38.8 Å². The summed E-state index contributed by atoms with van der Waals surface area (Å²) >= 11 is 0. The highest BCUT2D eigenvalue weighted by Crippen LogP contribution is 2.35. The summed E-state index contributed by atoms with van der Waals surface area (Å²) in [6, 6.07) is 3.56. The summed E-state index contributed by atoms with van der Waals surface area (Å²) in [4.78, 5) is 28.9. The van der Waals surface area contributed by atoms with Gasteiger partial charge in [0, 0.05) is 18.0 Å². The van der Waals surface area contributed by atoms with Gasteiger partial charge in [-0.1, -0.05) is 12.2 Å². The van der Waals surface area contributed by atoms with E-state index < -0.39 is 17.0 Å². The van der Waals surface area contributed by atoms with E-state index in [1.807, 2.05) is 59.8 Å². The Labute approximate surface area is 224 Å². The van der Waals surface area contributed by atoms with Gasteiger partial charge in [-0.3, -0.25) is 9.59 Å². The normalized spacial score (nSPS) is 15.6. The lowest BCUT2D eigenvalue weighted by Gasteiger charge is -2.23. The molecule has 1 unspecified atom stereocenters. The van der Waals surface area contributed by atoms with Crippen LogP contribution in [0.4, 0.5) is 11.6 Å². The van der Waals surface area contributed by atoms with Gasteiger partial charge in [0.25, 0.3) is 5.91 Å². The van der Waals surface area contributed by atoms with Gasteiger partial charge in [0.05, 0.1) is 24.0 Å². The van der Waals surface area contributed by atoms with Crippen molar-refractivity contribution in [2.75, 3.05) is 11.9 Å². The van der Waals surface area contributed by atoms with E-state index in [0.717, 1.165) is 0 Å². The number of unbranched alkanes of at least 4 members (excludes halogenated alkanes) is 1. The van der Waals surface area contributed by atoms with Crippen LogP contribution in [0.5, 0.6) is 5.75 Å². The number of ether oxygens (including phenoxy) is 2. The van der Waals surface area contributed by atoms with Gasteiger partial charge >= 0.3 is 5.97 Å². The van der Waals surface area contributed by atoms with Crippen LogP contribution in [0.3, 0.4) is 0 Å². The van der Waals surface area contributed by atoms with E-state index >= 15 is 0 Å². The number of nitrogens with zero attached hydrogens (tertiary/aromatic N) is 3. The quantitative estimate of drug-likeness (QED) is 0.300. The number of esters is 1. The molecule has 0 fully saturated rings. The number of primary amides is 1. The lowest BCUT2D eigenvalue weighted by Crippen LogP contribution is -2.25. The molecule has 1 aliphatic carbocycles. The van der Waals surface area contributed by atoms with Crippen LogP contribution in [0.2, 0.25) is 0 Å². The SMILES string of the molecule is CC(C)(C)OC(=O)CCCCOc1ccc(Nc2c(C(N)=O)c(C3C=CC(N)=CC3)nn2C(C)(C)C)nc1. The van der Waals surface area contributed by atoms with Crippen LogP contribution in [0, 0.1) is 0 Å². The number of carbonyl (C=O) groups is 2. The summed E-state index contributed by atoms with van der Waals surface area (Å²) in [7, 11) is 0. The fourth-order valence-electron chi connectivity index (χ4n) is 3.99. The number of aromatic nitrogens is 3. The van der Waals surface area contributed by atoms with Crippen LogP contribution in [0.25, 0.3) is 0 Å². The predicted molar refractivity (Wildman–Crippen MR) is 147 cm³/mol. The van der Waals surface area contributed by atoms with Crippen molar-refractivity contribution in [2.24, 2.45) is 11.5 Å². The van der Waals surface area contributed by atoms with Crippen molar-refractivity contribution in [3.8, 4) is 5.75 Å². The number of allylic oxidation sites excluding steroid dienone is 3. The van der Waals surface area contributed by atoms with E-state index in [-0.39, 0.29) is 11.9 Å². The molecule has 0 aromatic carbocycles. The third-order valence-corrected chi connectivity index (χ3v) is 5.72. The Morgan fingerprint density at radius 2 is 1.89 bits per heavy atom. The summed E-state index contributed by atoms with van der Waals surface area (Å²) in [5.41, 5.74) is 12.4. The molecule has 1 amide bonds. The third kappa shape index (κ3) is 7.84. The Morgan fingerprint density at radius 1 is 1.16 bits per heavy atom. The van der Waals surface area contributed by atoms with Gasteiger partial charge in [-0.15, -0.1) is 0 Å². The minimum Gasteiger partial charge on any atom is -0.492 e. The van der Waals surface area contributed by atoms with Crippen molar-refractivity contribution in [3.05, 3.63) is 53.5 Å². The number of nitrogens with one attached hydrogen (secondary N) is 1. The highest BCUT2D eigenvalue weighted by molar-refractivity contribution is 6.00. The van der Waals surface area contributed by atoms with Crippen LogP contribution < -0.4 is 21.5 Å². The van der Waals surface area contributed by atoms with Crippen molar-refractivity contribution >= 4 is 23.5 Å². The number of hydrogen-bond donors (Lipinski definition) is 3. The first-order chi connectivity index (χ1) is 17.7. The van der Waals surface area contributed by atoms with Gasteiger partial charge in [-0.2, -0.15) is 5.10 Å². The summed E-state index contributed by atoms with van der Waals surface area (Å²) in [5, 5.41) is 8.05. The molecule has 0 aliphatic heterocycles. The summed E-state index contributed by atoms with van der Waals surface area (Å²) in [6.45, 7) is 12.0. The minimum absolute atomic E-state index is 0.118. The molecule has 0 spiro atoms. The Balaban J connectivity index is 1.68. The average molecular weight is 525 g/mol. The molecule has 2 heterocycles. The molecule has 10 heteroatoms. The van der Waals surface area contributed by atoms with E-state index in [4.69, 9.17) is 26.0 Å². The first-order valence-corrected chi connectivity index (χ1v) is 12.9. The molecule has 0 saturated carbocycles. The molecule has 38 heavy (non-hydrogen) atoms. The van der Waals surface area contributed by atoms with Gasteiger partial charge in [0.1, 0.15) is 28.5 Å². The summed E-state index contributed by atoms with van der Waals surface area (Å²) in [6.07, 6.45) is 9.66. The molecular weight excluding hydrogens is 484 g/mol. The van der Waals surface area contributed by atoms with E-state index in [2.05, 4.69) is 10.3 Å². The van der Waals surface area contributed by atoms with Gasteiger partial charge in [0.2, 0.25) is 0 Å². The molecule has 0 saturated heterocycles. The van der Waals surface area contributed by atoms with Crippen LogP contribution >= 0.6 is 0 Å². The molecular formula is C28H40N6O4. The second kappa shape index (κ2) is 11.7. The first-order valence-electron chi connectivity index (χ1n) is 12.9. The maximum absolute atomic E-state index is 12.6. The van der Waals surface area contributed by atoms with Crippen LogP contribution in [0.1, 0.15) is 89.2 Å². The number of amides is 1. The minimum atomic E-state index is -0.569. The Morgan fingerprint density at radius 3 is 2.45 bits per heavy atom. The highest BCUT2D eigenvalue weighted by Gasteiger charge is 2.31. The fourth-order valence-corrected chi connectivity index (χ4v) is 3.99. The average Bonchev–Trinajstić information content (AvgIpc) is 3.19. The molecule has 2 aromatic heterocycles. The van der Waals surface area contributed by atoms with Crippen molar-refractivity contribution in [1.29, 1.82) is 0 Å². The van der Waals surface area contributed by atoms with Crippen molar-refractivity contribution in [3.63, 3.8) is 0 Å². The van der Waals surface area contributed by atoms with Gasteiger partial charge in [0.15, 0.2) is 0 Å². The Bertz CT molecular complexity index is 1200. The van der Waals surface area contributed by atoms with E-state index in [0.29, 0.717) is 66.6 Å². The van der Waals surface area contributed by atoms with Gasteiger partial charge in [-0.25, -0.2) is 9.67 Å². The molecule has 0 bridgehead atoms. The van der Waals surface area contributed by atoms with Crippen LogP contribution in [0.15, 0.2) is 42.3 Å². The number of hydrogen-bond acceptors (Lipinski definition) is 8. The summed E-state index contributed by atoms with van der Waals surface area (Å²) in [5.74, 6) is 0.713. The van der Waals surface area contributed by atoms with E-state index in [1.54, 1.807) is 23.0 Å². The standard InChI is InChI=1S/C28H40N6O4/c1-27(2,3)34-26(23(25(30)36)24(33-34)18-10-12-19(29)13-11-18)32-21-15-14-20(17-31-21)37-16-8-7-9-22(35)38-28(4,5)6/h10,12-15,17-18H,7-9,11,16,29H2,1-6H3,(H2,30,36)(H,31,32). The number of rotatable bonds is 10. The highest BCUT2D eigenvalue weighted by atomic mass is 16.6. The number of carbonyl (C=O) groups excluding carboxylic acids is 2. The van der Waals surface area contributed by atoms with E-state index in [9.17, 15) is 9.59 Å². The van der Waals surface area contributed by atoms with Crippen molar-refractivity contribution in [1.82, 2.24) is 14.8 Å². The Hall–Kier alpha value is -3.82. The fraction of sp³-hybridized carbons (Fsp3) is 0.500. The molecule has 5 N–H and O–H groups in total. The second-order valence-electron chi connectivity index (χ2n) is 11.4. The topological polar surface area (TPSA) is 147 Å². The largest absolute Gasteiger partial charge is 0.492 e. The van der Waals surface area contributed by atoms with Crippen LogP contribution in [-0.2, 0) is 15.1 Å². The molecule has 0 radical (unpaired) electrons. The maximum Gasteiger partial charge on any atom is 0.306 e.